The van der Waals surface area contributed by atoms with Gasteiger partial charge < -0.3 is 24.6 Å². The van der Waals surface area contributed by atoms with Crippen molar-refractivity contribution in [1.82, 2.24) is 14.8 Å². The maximum absolute atomic E-state index is 15.2. The number of carboxylic acids is 1. The SMILES string of the molecule is CC(CC(=O)O)C(=O)N(CCCNC(=O)OCC1c2ccccc2-c2ccccc21)[C@@H](c1cc(-c2cc(F)ccc2F)cn1Cc1ccccc1)C(C)(C)C. The van der Waals surface area contributed by atoms with Crippen LogP contribution < -0.4 is 5.32 Å². The molecule has 5 aromatic rings. The Balaban J connectivity index is 1.24. The number of benzene rings is 4. The zero-order valence-corrected chi connectivity index (χ0v) is 31.6. The Morgan fingerprint density at radius 2 is 1.51 bits per heavy atom. The molecule has 55 heavy (non-hydrogen) atoms. The highest BCUT2D eigenvalue weighted by Gasteiger charge is 2.39. The van der Waals surface area contributed by atoms with Crippen LogP contribution in [0.5, 0.6) is 0 Å². The van der Waals surface area contributed by atoms with Gasteiger partial charge in [0.2, 0.25) is 5.91 Å². The largest absolute Gasteiger partial charge is 0.481 e. The lowest BCUT2D eigenvalue weighted by Gasteiger charge is -2.42. The maximum atomic E-state index is 15.2. The van der Waals surface area contributed by atoms with E-state index in [1.165, 1.54) is 0 Å². The van der Waals surface area contributed by atoms with Gasteiger partial charge in [-0.2, -0.15) is 0 Å². The molecule has 0 spiro atoms. The van der Waals surface area contributed by atoms with E-state index in [4.69, 9.17) is 4.74 Å². The van der Waals surface area contributed by atoms with E-state index in [1.807, 2.05) is 79.9 Å². The minimum atomic E-state index is -1.10. The van der Waals surface area contributed by atoms with Gasteiger partial charge in [0, 0.05) is 54.5 Å². The summed E-state index contributed by atoms with van der Waals surface area (Å²) in [5, 5.41) is 12.5. The fourth-order valence-corrected chi connectivity index (χ4v) is 7.70. The van der Waals surface area contributed by atoms with E-state index in [0.717, 1.165) is 46.0 Å². The Morgan fingerprint density at radius 1 is 0.873 bits per heavy atom. The van der Waals surface area contributed by atoms with Crippen LogP contribution in [0.2, 0.25) is 0 Å². The summed E-state index contributed by atoms with van der Waals surface area (Å²) in [5.74, 6) is -3.57. The lowest BCUT2D eigenvalue weighted by atomic mass is 9.82. The van der Waals surface area contributed by atoms with Crippen LogP contribution in [0.15, 0.2) is 109 Å². The number of amides is 2. The Hall–Kier alpha value is -5.77. The normalized spacial score (nSPS) is 13.4. The van der Waals surface area contributed by atoms with Gasteiger partial charge >= 0.3 is 12.1 Å². The second kappa shape index (κ2) is 16.7. The monoisotopic (exact) mass is 747 g/mol. The van der Waals surface area contributed by atoms with Crippen LogP contribution in [0, 0.1) is 23.0 Å². The Labute approximate surface area is 320 Å². The topological polar surface area (TPSA) is 101 Å². The molecule has 2 atom stereocenters. The summed E-state index contributed by atoms with van der Waals surface area (Å²) in [6.07, 6.45) is 1.16. The quantitative estimate of drug-likeness (QED) is 0.110. The van der Waals surface area contributed by atoms with E-state index in [2.05, 4.69) is 29.6 Å². The highest BCUT2D eigenvalue weighted by atomic mass is 19.1. The standard InChI is InChI=1S/C45H47F2N3O5/c1-29(23-41(51)52)43(53)50(22-12-21-48-44(54)55-28-38-35-17-10-8-15-33(35)34-16-9-11-18-36(34)38)42(45(2,3)4)40-24-31(37-25-32(46)19-20-39(37)47)27-49(40)26-30-13-6-5-7-14-30/h5-11,13-20,24-25,27,29,38,42H,12,21-23,26,28H2,1-4H3,(H,48,54)(H,51,52)/t29?,42-/m0/s1. The van der Waals surface area contributed by atoms with Crippen LogP contribution in [0.1, 0.15) is 74.9 Å². The summed E-state index contributed by atoms with van der Waals surface area (Å²) in [6, 6.07) is 30.3. The first-order valence-corrected chi connectivity index (χ1v) is 18.6. The zero-order valence-electron chi connectivity index (χ0n) is 31.6. The molecule has 0 saturated heterocycles. The van der Waals surface area contributed by atoms with Gasteiger partial charge in [0.1, 0.15) is 18.2 Å². The van der Waals surface area contributed by atoms with Gasteiger partial charge in [0.15, 0.2) is 0 Å². The molecule has 8 nitrogen and oxygen atoms in total. The number of halogens is 2. The first-order chi connectivity index (χ1) is 26.3. The summed E-state index contributed by atoms with van der Waals surface area (Å²) in [5.41, 5.74) is 6.03. The van der Waals surface area contributed by atoms with Crippen LogP contribution in [0.3, 0.4) is 0 Å². The molecular weight excluding hydrogens is 701 g/mol. The first-order valence-electron chi connectivity index (χ1n) is 18.6. The molecule has 2 amide bonds. The number of aliphatic carboxylic acids is 1. The third kappa shape index (κ3) is 8.96. The van der Waals surface area contributed by atoms with Crippen molar-refractivity contribution >= 4 is 18.0 Å². The van der Waals surface area contributed by atoms with Crippen LogP contribution in [-0.2, 0) is 20.9 Å². The van der Waals surface area contributed by atoms with Gasteiger partial charge in [-0.3, -0.25) is 9.59 Å². The number of ether oxygens (including phenoxy) is 1. The average molecular weight is 748 g/mol. The van der Waals surface area contributed by atoms with E-state index in [0.29, 0.717) is 24.2 Å². The van der Waals surface area contributed by atoms with Gasteiger partial charge in [0.25, 0.3) is 0 Å². The number of carbonyl (C=O) groups is 3. The molecule has 2 N–H and O–H groups in total. The Morgan fingerprint density at radius 3 is 2.15 bits per heavy atom. The minimum Gasteiger partial charge on any atom is -0.481 e. The molecule has 0 fully saturated rings. The first kappa shape index (κ1) is 38.9. The van der Waals surface area contributed by atoms with Crippen molar-refractivity contribution < 1.29 is 33.0 Å². The Kier molecular flexibility index (Phi) is 11.8. The molecule has 286 valence electrons. The molecule has 1 heterocycles. The van der Waals surface area contributed by atoms with Gasteiger partial charge in [-0.15, -0.1) is 0 Å². The van der Waals surface area contributed by atoms with Gasteiger partial charge in [-0.1, -0.05) is 107 Å². The van der Waals surface area contributed by atoms with Gasteiger partial charge in [-0.05, 0) is 63.9 Å². The summed E-state index contributed by atoms with van der Waals surface area (Å²) >= 11 is 0. The third-order valence-corrected chi connectivity index (χ3v) is 10.2. The van der Waals surface area contributed by atoms with Gasteiger partial charge in [0.05, 0.1) is 12.5 Å². The number of nitrogens with zero attached hydrogens (tertiary/aromatic N) is 2. The summed E-state index contributed by atoms with van der Waals surface area (Å²) in [4.78, 5) is 40.8. The van der Waals surface area contributed by atoms with Crippen LogP contribution in [-0.4, -0.2) is 52.2 Å². The predicted molar refractivity (Wildman–Crippen MR) is 208 cm³/mol. The molecule has 0 aliphatic heterocycles. The van der Waals surface area contributed by atoms with Crippen molar-refractivity contribution in [3.8, 4) is 22.3 Å². The summed E-state index contributed by atoms with van der Waals surface area (Å²) in [7, 11) is 0. The van der Waals surface area contributed by atoms with Crippen molar-refractivity contribution in [1.29, 1.82) is 0 Å². The number of alkyl carbamates (subject to hydrolysis) is 1. The average Bonchev–Trinajstić information content (AvgIpc) is 3.70. The number of hydrogen-bond donors (Lipinski definition) is 2. The molecule has 4 aromatic carbocycles. The van der Waals surface area contributed by atoms with E-state index < -0.39 is 41.1 Å². The van der Waals surface area contributed by atoms with Crippen molar-refractivity contribution in [3.05, 3.63) is 143 Å². The molecule has 1 aliphatic carbocycles. The lowest BCUT2D eigenvalue weighted by molar-refractivity contribution is -0.147. The number of rotatable bonds is 14. The highest BCUT2D eigenvalue weighted by molar-refractivity contribution is 5.83. The number of hydrogen-bond acceptors (Lipinski definition) is 4. The molecule has 1 aliphatic rings. The number of fused-ring (bicyclic) bond motifs is 3. The van der Waals surface area contributed by atoms with Crippen molar-refractivity contribution in [2.45, 2.75) is 59.0 Å². The smallest absolute Gasteiger partial charge is 0.407 e. The second-order valence-electron chi connectivity index (χ2n) is 15.3. The van der Waals surface area contributed by atoms with Crippen LogP contribution in [0.25, 0.3) is 22.3 Å². The zero-order chi connectivity index (χ0) is 39.3. The molecule has 0 radical (unpaired) electrons. The fraction of sp³-hybridized carbons (Fsp3) is 0.311. The molecule has 1 aromatic heterocycles. The van der Waals surface area contributed by atoms with E-state index >= 15 is 4.39 Å². The van der Waals surface area contributed by atoms with Crippen molar-refractivity contribution in [2.75, 3.05) is 19.7 Å². The third-order valence-electron chi connectivity index (χ3n) is 10.2. The van der Waals surface area contributed by atoms with E-state index in [-0.39, 0.29) is 43.5 Å². The lowest BCUT2D eigenvalue weighted by Crippen LogP contribution is -2.45. The van der Waals surface area contributed by atoms with Crippen LogP contribution >= 0.6 is 0 Å². The van der Waals surface area contributed by atoms with Crippen molar-refractivity contribution in [2.24, 2.45) is 11.3 Å². The Bertz CT molecular complexity index is 2110. The molecular formula is C45H47F2N3O5. The number of aromatic nitrogens is 1. The van der Waals surface area contributed by atoms with E-state index in [1.54, 1.807) is 24.1 Å². The number of carboxylic acid groups (broad SMARTS) is 1. The minimum absolute atomic E-state index is 0.0881. The molecule has 0 saturated carbocycles. The summed E-state index contributed by atoms with van der Waals surface area (Å²) in [6.45, 7) is 8.45. The number of nitrogens with one attached hydrogen (secondary N) is 1. The molecule has 6 rings (SSSR count). The number of carbonyl (C=O) groups excluding carboxylic acids is 2. The fourth-order valence-electron chi connectivity index (χ4n) is 7.70. The highest BCUT2D eigenvalue weighted by Crippen LogP contribution is 2.45. The van der Waals surface area contributed by atoms with Crippen molar-refractivity contribution in [3.63, 3.8) is 0 Å². The maximum Gasteiger partial charge on any atom is 0.407 e. The summed E-state index contributed by atoms with van der Waals surface area (Å²) < 4.78 is 37.3. The van der Waals surface area contributed by atoms with Gasteiger partial charge in [-0.25, -0.2) is 13.6 Å². The van der Waals surface area contributed by atoms with Crippen LogP contribution in [0.4, 0.5) is 13.6 Å². The molecule has 10 heteroatoms. The van der Waals surface area contributed by atoms with E-state index in [9.17, 15) is 23.9 Å². The second-order valence-corrected chi connectivity index (χ2v) is 15.3. The molecule has 1 unspecified atom stereocenters. The molecule has 0 bridgehead atoms. The predicted octanol–water partition coefficient (Wildman–Crippen LogP) is 9.44.